The van der Waals surface area contributed by atoms with Gasteiger partial charge in [-0.05, 0) is 19.1 Å². The van der Waals surface area contributed by atoms with Crippen molar-refractivity contribution in [1.82, 2.24) is 4.98 Å². The predicted molar refractivity (Wildman–Crippen MR) is 81.1 cm³/mol. The Labute approximate surface area is 119 Å². The number of methoxy groups -OCH3 is 1. The summed E-state index contributed by atoms with van der Waals surface area (Å²) < 4.78 is 5.40. The summed E-state index contributed by atoms with van der Waals surface area (Å²) in [5.74, 6) is 1.15. The van der Waals surface area contributed by atoms with E-state index >= 15 is 0 Å². The molecule has 1 aromatic heterocycles. The number of nitrogens with zero attached hydrogens (tertiary/aromatic N) is 1. The number of amides is 1. The van der Waals surface area contributed by atoms with Gasteiger partial charge >= 0.3 is 0 Å². The molecule has 1 heterocycles. The van der Waals surface area contributed by atoms with Gasteiger partial charge in [0.2, 0.25) is 5.91 Å². The number of benzene rings is 1. The second kappa shape index (κ2) is 5.12. The normalized spacial score (nSPS) is 11.4. The Balaban J connectivity index is 2.46. The maximum absolute atomic E-state index is 12.0. The largest absolute Gasteiger partial charge is 0.496 e. The lowest BCUT2D eigenvalue weighted by Gasteiger charge is -2.18. The minimum absolute atomic E-state index is 0.0708. The fourth-order valence-corrected chi connectivity index (χ4v) is 1.85. The van der Waals surface area contributed by atoms with Crippen molar-refractivity contribution in [3.63, 3.8) is 0 Å². The second-order valence-corrected chi connectivity index (χ2v) is 5.93. The number of aryl methyl sites for hydroxylation is 1. The van der Waals surface area contributed by atoms with Gasteiger partial charge in [-0.25, -0.2) is 4.98 Å². The Hall–Kier alpha value is -2.10. The molecule has 0 spiro atoms. The lowest BCUT2D eigenvalue weighted by molar-refractivity contribution is -0.123. The summed E-state index contributed by atoms with van der Waals surface area (Å²) in [6, 6.07) is 7.70. The van der Waals surface area contributed by atoms with E-state index in [1.807, 2.05) is 45.9 Å². The first-order valence-electron chi connectivity index (χ1n) is 6.58. The standard InChI is InChI=1S/C16H20N2O2/c1-10-6-7-12-11(8-10)13(20-5)9-14(17-12)18-15(19)16(2,3)4/h6-9H,1-5H3,(H,17,18,19). The summed E-state index contributed by atoms with van der Waals surface area (Å²) in [5, 5.41) is 3.78. The maximum atomic E-state index is 12.0. The van der Waals surface area contributed by atoms with Crippen LogP contribution in [0.25, 0.3) is 10.9 Å². The molecule has 4 nitrogen and oxygen atoms in total. The van der Waals surface area contributed by atoms with Crippen LogP contribution < -0.4 is 10.1 Å². The van der Waals surface area contributed by atoms with Crippen LogP contribution in [-0.4, -0.2) is 18.0 Å². The quantitative estimate of drug-likeness (QED) is 0.909. The first-order chi connectivity index (χ1) is 9.31. The molecule has 0 aliphatic rings. The average molecular weight is 272 g/mol. The molecule has 0 fully saturated rings. The van der Waals surface area contributed by atoms with Gasteiger partial charge in [-0.3, -0.25) is 4.79 Å². The van der Waals surface area contributed by atoms with Crippen LogP contribution in [0, 0.1) is 12.3 Å². The molecule has 0 bridgehead atoms. The molecular weight excluding hydrogens is 252 g/mol. The van der Waals surface area contributed by atoms with Gasteiger partial charge in [0.1, 0.15) is 11.6 Å². The van der Waals surface area contributed by atoms with Gasteiger partial charge in [-0.1, -0.05) is 32.4 Å². The van der Waals surface area contributed by atoms with Crippen molar-refractivity contribution >= 4 is 22.6 Å². The Bertz CT molecular complexity index is 657. The first-order valence-corrected chi connectivity index (χ1v) is 6.58. The monoisotopic (exact) mass is 272 g/mol. The number of nitrogens with one attached hydrogen (secondary N) is 1. The topological polar surface area (TPSA) is 51.2 Å². The van der Waals surface area contributed by atoms with Crippen molar-refractivity contribution in [2.75, 3.05) is 12.4 Å². The Morgan fingerprint density at radius 1 is 1.25 bits per heavy atom. The Kier molecular flexibility index (Phi) is 3.66. The predicted octanol–water partition coefficient (Wildman–Crippen LogP) is 3.54. The van der Waals surface area contributed by atoms with Crippen molar-refractivity contribution in [1.29, 1.82) is 0 Å². The number of pyridine rings is 1. The van der Waals surface area contributed by atoms with Gasteiger partial charge < -0.3 is 10.1 Å². The van der Waals surface area contributed by atoms with E-state index in [-0.39, 0.29) is 5.91 Å². The molecule has 1 aromatic carbocycles. The van der Waals surface area contributed by atoms with E-state index in [2.05, 4.69) is 10.3 Å². The molecule has 2 rings (SSSR count). The van der Waals surface area contributed by atoms with Crippen LogP contribution in [0.1, 0.15) is 26.3 Å². The van der Waals surface area contributed by atoms with Crippen LogP contribution in [-0.2, 0) is 4.79 Å². The third-order valence-corrected chi connectivity index (χ3v) is 3.07. The molecule has 1 N–H and O–H groups in total. The molecule has 20 heavy (non-hydrogen) atoms. The molecule has 0 saturated heterocycles. The summed E-state index contributed by atoms with van der Waals surface area (Å²) >= 11 is 0. The molecule has 106 valence electrons. The van der Waals surface area contributed by atoms with Crippen molar-refractivity contribution in [3.05, 3.63) is 29.8 Å². The van der Waals surface area contributed by atoms with E-state index in [1.54, 1.807) is 13.2 Å². The van der Waals surface area contributed by atoms with Crippen molar-refractivity contribution < 1.29 is 9.53 Å². The second-order valence-electron chi connectivity index (χ2n) is 5.93. The molecule has 0 atom stereocenters. The molecule has 0 aliphatic carbocycles. The van der Waals surface area contributed by atoms with Crippen LogP contribution in [0.2, 0.25) is 0 Å². The molecule has 0 saturated carbocycles. The van der Waals surface area contributed by atoms with Crippen LogP contribution >= 0.6 is 0 Å². The lowest BCUT2D eigenvalue weighted by Crippen LogP contribution is -2.28. The number of carbonyl (C=O) groups excluding carboxylic acids is 1. The minimum Gasteiger partial charge on any atom is -0.496 e. The molecule has 0 unspecified atom stereocenters. The van der Waals surface area contributed by atoms with E-state index in [9.17, 15) is 4.79 Å². The summed E-state index contributed by atoms with van der Waals surface area (Å²) in [6.45, 7) is 7.62. The Morgan fingerprint density at radius 3 is 2.55 bits per heavy atom. The summed E-state index contributed by atoms with van der Waals surface area (Å²) in [5.41, 5.74) is 1.49. The summed E-state index contributed by atoms with van der Waals surface area (Å²) in [7, 11) is 1.62. The fraction of sp³-hybridized carbons (Fsp3) is 0.375. The van der Waals surface area contributed by atoms with Crippen molar-refractivity contribution in [3.8, 4) is 5.75 Å². The van der Waals surface area contributed by atoms with Crippen molar-refractivity contribution in [2.45, 2.75) is 27.7 Å². The summed E-state index contributed by atoms with van der Waals surface area (Å²) in [4.78, 5) is 16.5. The van der Waals surface area contributed by atoms with Gasteiger partial charge in [0, 0.05) is 16.9 Å². The third kappa shape index (κ3) is 2.90. The van der Waals surface area contributed by atoms with Gasteiger partial charge in [0.25, 0.3) is 0 Å². The van der Waals surface area contributed by atoms with Crippen LogP contribution in [0.5, 0.6) is 5.75 Å². The number of ether oxygens (including phenoxy) is 1. The maximum Gasteiger partial charge on any atom is 0.230 e. The van der Waals surface area contributed by atoms with Crippen molar-refractivity contribution in [2.24, 2.45) is 5.41 Å². The average Bonchev–Trinajstić information content (AvgIpc) is 2.37. The number of anilines is 1. The fourth-order valence-electron chi connectivity index (χ4n) is 1.85. The van der Waals surface area contributed by atoms with E-state index in [1.165, 1.54) is 0 Å². The highest BCUT2D eigenvalue weighted by Gasteiger charge is 2.22. The molecule has 0 aliphatic heterocycles. The zero-order chi connectivity index (χ0) is 14.9. The third-order valence-electron chi connectivity index (χ3n) is 3.07. The van der Waals surface area contributed by atoms with Crippen LogP contribution in [0.15, 0.2) is 24.3 Å². The lowest BCUT2D eigenvalue weighted by atomic mass is 9.96. The van der Waals surface area contributed by atoms with E-state index in [4.69, 9.17) is 4.74 Å². The van der Waals surface area contributed by atoms with Gasteiger partial charge in [0.15, 0.2) is 0 Å². The molecule has 1 amide bonds. The first kappa shape index (κ1) is 14.3. The number of carbonyl (C=O) groups is 1. The minimum atomic E-state index is -0.461. The highest BCUT2D eigenvalue weighted by atomic mass is 16.5. The van der Waals surface area contributed by atoms with E-state index in [0.717, 1.165) is 16.5 Å². The molecule has 4 heteroatoms. The van der Waals surface area contributed by atoms with Gasteiger partial charge in [0.05, 0.1) is 12.6 Å². The SMILES string of the molecule is COc1cc(NC(=O)C(C)(C)C)nc2ccc(C)cc12. The van der Waals surface area contributed by atoms with Gasteiger partial charge in [-0.15, -0.1) is 0 Å². The van der Waals surface area contributed by atoms with Gasteiger partial charge in [-0.2, -0.15) is 0 Å². The van der Waals surface area contributed by atoms with Crippen LogP contribution in [0.4, 0.5) is 5.82 Å². The number of aromatic nitrogens is 1. The number of fused-ring (bicyclic) bond motifs is 1. The molecular formula is C16H20N2O2. The van der Waals surface area contributed by atoms with Crippen LogP contribution in [0.3, 0.4) is 0 Å². The molecule has 2 aromatic rings. The smallest absolute Gasteiger partial charge is 0.230 e. The van der Waals surface area contributed by atoms with E-state index in [0.29, 0.717) is 11.6 Å². The van der Waals surface area contributed by atoms with E-state index < -0.39 is 5.41 Å². The zero-order valence-corrected chi connectivity index (χ0v) is 12.6. The molecule has 0 radical (unpaired) electrons. The number of rotatable bonds is 2. The highest BCUT2D eigenvalue weighted by Crippen LogP contribution is 2.28. The highest BCUT2D eigenvalue weighted by molar-refractivity contribution is 5.96. The number of hydrogen-bond acceptors (Lipinski definition) is 3. The zero-order valence-electron chi connectivity index (χ0n) is 12.6. The Morgan fingerprint density at radius 2 is 1.95 bits per heavy atom. The summed E-state index contributed by atoms with van der Waals surface area (Å²) in [6.07, 6.45) is 0. The number of hydrogen-bond donors (Lipinski definition) is 1.